The van der Waals surface area contributed by atoms with Gasteiger partial charge in [-0.1, -0.05) is 34.2 Å². The summed E-state index contributed by atoms with van der Waals surface area (Å²) in [5, 5.41) is 0.577. The normalized spacial score (nSPS) is 20.2. The van der Waals surface area contributed by atoms with Crippen molar-refractivity contribution in [1.29, 1.82) is 0 Å². The number of carbonyl (C=O) groups is 1. The predicted octanol–water partition coefficient (Wildman–Crippen LogP) is 3.04. The summed E-state index contributed by atoms with van der Waals surface area (Å²) in [6, 6.07) is 5.16. The highest BCUT2D eigenvalue weighted by Crippen LogP contribution is 2.28. The Bertz CT molecular complexity index is 403. The van der Waals surface area contributed by atoms with E-state index in [1.807, 2.05) is 22.6 Å². The standard InChI is InChI=1S/C9H5ClINO/c10-5-1-2-8-6(3-5)9(13)7(11)4-12-8/h1-4,7H. The van der Waals surface area contributed by atoms with E-state index >= 15 is 0 Å². The number of hydrogen-bond donors (Lipinski definition) is 0. The lowest BCUT2D eigenvalue weighted by Crippen LogP contribution is -2.18. The highest BCUT2D eigenvalue weighted by molar-refractivity contribution is 14.1. The number of halogens is 2. The summed E-state index contributed by atoms with van der Waals surface area (Å²) < 4.78 is -0.163. The lowest BCUT2D eigenvalue weighted by atomic mass is 10.0. The van der Waals surface area contributed by atoms with Gasteiger partial charge in [-0.2, -0.15) is 0 Å². The van der Waals surface area contributed by atoms with Crippen LogP contribution in [0.2, 0.25) is 5.02 Å². The Labute approximate surface area is 94.1 Å². The number of aliphatic imine (C=N–C) groups is 1. The molecule has 2 nitrogen and oxygen atoms in total. The first-order valence-corrected chi connectivity index (χ1v) is 5.33. The van der Waals surface area contributed by atoms with Gasteiger partial charge in [-0.15, -0.1) is 0 Å². The minimum atomic E-state index is -0.163. The third-order valence-corrected chi connectivity index (χ3v) is 2.94. The number of fused-ring (bicyclic) bond motifs is 1. The van der Waals surface area contributed by atoms with Gasteiger partial charge in [0.1, 0.15) is 3.92 Å². The largest absolute Gasteiger partial charge is 0.292 e. The molecule has 1 aromatic carbocycles. The van der Waals surface area contributed by atoms with Crippen molar-refractivity contribution < 1.29 is 4.79 Å². The molecule has 13 heavy (non-hydrogen) atoms. The molecule has 1 unspecified atom stereocenters. The Morgan fingerprint density at radius 1 is 1.46 bits per heavy atom. The van der Waals surface area contributed by atoms with Crippen molar-refractivity contribution in [2.75, 3.05) is 0 Å². The monoisotopic (exact) mass is 305 g/mol. The number of benzene rings is 1. The second-order valence-corrected chi connectivity index (χ2v) is 4.48. The maximum Gasteiger partial charge on any atom is 0.183 e. The average molecular weight is 306 g/mol. The van der Waals surface area contributed by atoms with Crippen LogP contribution in [0, 0.1) is 0 Å². The predicted molar refractivity (Wildman–Crippen MR) is 61.7 cm³/mol. The molecule has 1 heterocycles. The van der Waals surface area contributed by atoms with Gasteiger partial charge in [-0.05, 0) is 18.2 Å². The van der Waals surface area contributed by atoms with Gasteiger partial charge < -0.3 is 0 Å². The van der Waals surface area contributed by atoms with Crippen LogP contribution in [-0.2, 0) is 0 Å². The van der Waals surface area contributed by atoms with E-state index in [9.17, 15) is 4.79 Å². The summed E-state index contributed by atoms with van der Waals surface area (Å²) in [7, 11) is 0. The van der Waals surface area contributed by atoms with E-state index in [2.05, 4.69) is 4.99 Å². The van der Waals surface area contributed by atoms with E-state index in [1.165, 1.54) is 0 Å². The number of alkyl halides is 1. The molecule has 0 N–H and O–H groups in total. The van der Waals surface area contributed by atoms with Crippen LogP contribution in [0.25, 0.3) is 0 Å². The van der Waals surface area contributed by atoms with Crippen LogP contribution < -0.4 is 0 Å². The third-order valence-electron chi connectivity index (χ3n) is 1.82. The highest BCUT2D eigenvalue weighted by atomic mass is 127. The molecule has 1 aromatic rings. The molecule has 1 aliphatic rings. The summed E-state index contributed by atoms with van der Waals surface area (Å²) in [6.45, 7) is 0. The molecule has 2 rings (SSSR count). The molecule has 0 saturated carbocycles. The smallest absolute Gasteiger partial charge is 0.183 e. The van der Waals surface area contributed by atoms with Gasteiger partial charge in [0.2, 0.25) is 0 Å². The number of hydrogen-bond acceptors (Lipinski definition) is 2. The van der Waals surface area contributed by atoms with E-state index in [0.29, 0.717) is 16.3 Å². The molecule has 4 heteroatoms. The Hall–Kier alpha value is -0.420. The molecular formula is C9H5ClINO. The second-order valence-electron chi connectivity index (χ2n) is 2.71. The Morgan fingerprint density at radius 2 is 2.23 bits per heavy atom. The van der Waals surface area contributed by atoms with Crippen LogP contribution >= 0.6 is 34.2 Å². The van der Waals surface area contributed by atoms with Crippen molar-refractivity contribution in [2.45, 2.75) is 3.92 Å². The molecule has 0 saturated heterocycles. The molecule has 66 valence electrons. The molecule has 0 bridgehead atoms. The van der Waals surface area contributed by atoms with E-state index in [4.69, 9.17) is 11.6 Å². The van der Waals surface area contributed by atoms with Gasteiger partial charge in [-0.3, -0.25) is 9.79 Å². The second kappa shape index (κ2) is 3.38. The van der Waals surface area contributed by atoms with Crippen LogP contribution in [0.4, 0.5) is 5.69 Å². The van der Waals surface area contributed by atoms with Gasteiger partial charge in [0.15, 0.2) is 5.78 Å². The minimum absolute atomic E-state index is 0.0769. The fourth-order valence-corrected chi connectivity index (χ4v) is 1.85. The SMILES string of the molecule is O=C1c2cc(Cl)ccc2N=CC1I. The molecule has 0 amide bonds. The van der Waals surface area contributed by atoms with Crippen LogP contribution in [0.3, 0.4) is 0 Å². The zero-order chi connectivity index (χ0) is 9.42. The van der Waals surface area contributed by atoms with E-state index in [0.717, 1.165) is 0 Å². The van der Waals surface area contributed by atoms with Crippen molar-refractivity contribution in [2.24, 2.45) is 4.99 Å². The molecule has 0 radical (unpaired) electrons. The van der Waals surface area contributed by atoms with Crippen molar-refractivity contribution in [3.63, 3.8) is 0 Å². The lowest BCUT2D eigenvalue weighted by Gasteiger charge is -2.12. The first kappa shape index (κ1) is 9.15. The van der Waals surface area contributed by atoms with Crippen molar-refractivity contribution in [3.05, 3.63) is 28.8 Å². The van der Waals surface area contributed by atoms with Gasteiger partial charge in [0.05, 0.1) is 5.69 Å². The molecular weight excluding hydrogens is 300 g/mol. The van der Waals surface area contributed by atoms with Crippen molar-refractivity contribution >= 4 is 51.9 Å². The van der Waals surface area contributed by atoms with Gasteiger partial charge in [-0.25, -0.2) is 0 Å². The van der Waals surface area contributed by atoms with Crippen molar-refractivity contribution in [1.82, 2.24) is 0 Å². The molecule has 0 aliphatic carbocycles. The Balaban J connectivity index is 2.60. The van der Waals surface area contributed by atoms with Gasteiger partial charge in [0.25, 0.3) is 0 Å². The zero-order valence-electron chi connectivity index (χ0n) is 6.50. The summed E-state index contributed by atoms with van der Waals surface area (Å²) >= 11 is 7.83. The Kier molecular flexibility index (Phi) is 2.38. The number of Topliss-reactive ketones (excluding diaryl/α,β-unsaturated/α-hetero) is 1. The van der Waals surface area contributed by atoms with Crippen LogP contribution in [0.1, 0.15) is 10.4 Å². The van der Waals surface area contributed by atoms with E-state index < -0.39 is 0 Å². The fourth-order valence-electron chi connectivity index (χ4n) is 1.18. The number of carbonyl (C=O) groups excluding carboxylic acids is 1. The molecule has 0 aromatic heterocycles. The van der Waals surface area contributed by atoms with Gasteiger partial charge >= 0.3 is 0 Å². The number of rotatable bonds is 0. The Morgan fingerprint density at radius 3 is 3.00 bits per heavy atom. The summed E-state index contributed by atoms with van der Waals surface area (Å²) in [4.78, 5) is 15.8. The first-order chi connectivity index (χ1) is 6.18. The highest BCUT2D eigenvalue weighted by Gasteiger charge is 2.22. The van der Waals surface area contributed by atoms with Crippen LogP contribution in [0.15, 0.2) is 23.2 Å². The first-order valence-electron chi connectivity index (χ1n) is 3.70. The van der Waals surface area contributed by atoms with Crippen LogP contribution in [-0.4, -0.2) is 15.9 Å². The summed E-state index contributed by atoms with van der Waals surface area (Å²) in [5.74, 6) is 0.0769. The number of ketones is 1. The third kappa shape index (κ3) is 1.62. The van der Waals surface area contributed by atoms with Crippen molar-refractivity contribution in [3.8, 4) is 0 Å². The molecule has 0 spiro atoms. The maximum atomic E-state index is 11.6. The maximum absolute atomic E-state index is 11.6. The average Bonchev–Trinajstić information content (AvgIpc) is 2.12. The summed E-state index contributed by atoms with van der Waals surface area (Å²) in [5.41, 5.74) is 1.33. The zero-order valence-corrected chi connectivity index (χ0v) is 9.41. The lowest BCUT2D eigenvalue weighted by molar-refractivity contribution is 0.101. The number of nitrogens with zero attached hydrogens (tertiary/aromatic N) is 1. The quantitative estimate of drug-likeness (QED) is 0.535. The minimum Gasteiger partial charge on any atom is -0.292 e. The summed E-state index contributed by atoms with van der Waals surface area (Å²) in [6.07, 6.45) is 1.65. The molecule has 0 fully saturated rings. The molecule has 1 atom stereocenters. The van der Waals surface area contributed by atoms with Crippen LogP contribution in [0.5, 0.6) is 0 Å². The topological polar surface area (TPSA) is 29.4 Å². The van der Waals surface area contributed by atoms with E-state index in [1.54, 1.807) is 24.4 Å². The van der Waals surface area contributed by atoms with Gasteiger partial charge in [0, 0.05) is 16.8 Å². The van der Waals surface area contributed by atoms with E-state index in [-0.39, 0.29) is 9.71 Å². The molecule has 1 aliphatic heterocycles. The fraction of sp³-hybridized carbons (Fsp3) is 0.111.